The lowest BCUT2D eigenvalue weighted by atomic mass is 9.93. The van der Waals surface area contributed by atoms with E-state index >= 15 is 0 Å². The number of amides is 1. The molecule has 116 valence electrons. The van der Waals surface area contributed by atoms with Gasteiger partial charge in [0, 0.05) is 31.1 Å². The lowest BCUT2D eigenvalue weighted by Gasteiger charge is -2.37. The van der Waals surface area contributed by atoms with Gasteiger partial charge >= 0.3 is 0 Å². The Bertz CT molecular complexity index is 489. The van der Waals surface area contributed by atoms with Crippen molar-refractivity contribution in [3.8, 4) is 0 Å². The number of benzene rings is 1. The maximum absolute atomic E-state index is 12.7. The molecule has 1 aromatic carbocycles. The molecule has 0 spiro atoms. The minimum Gasteiger partial charge on any atom is -0.333 e. The van der Waals surface area contributed by atoms with Gasteiger partial charge in [0.05, 0.1) is 6.04 Å². The minimum absolute atomic E-state index is 0.0410. The molecule has 1 heterocycles. The lowest BCUT2D eigenvalue weighted by molar-refractivity contribution is -0.135. The van der Waals surface area contributed by atoms with E-state index in [9.17, 15) is 4.79 Å². The fourth-order valence-corrected chi connectivity index (χ4v) is 2.92. The van der Waals surface area contributed by atoms with Crippen LogP contribution in [0.5, 0.6) is 0 Å². The topological polar surface area (TPSA) is 32.3 Å². The van der Waals surface area contributed by atoms with Crippen LogP contribution in [0.1, 0.15) is 38.8 Å². The van der Waals surface area contributed by atoms with E-state index in [0.29, 0.717) is 18.3 Å². The second kappa shape index (κ2) is 7.28. The van der Waals surface area contributed by atoms with Crippen molar-refractivity contribution in [1.29, 1.82) is 0 Å². The van der Waals surface area contributed by atoms with Gasteiger partial charge in [0.25, 0.3) is 0 Å². The highest BCUT2D eigenvalue weighted by molar-refractivity contribution is 6.31. The van der Waals surface area contributed by atoms with Crippen LogP contribution < -0.4 is 5.32 Å². The van der Waals surface area contributed by atoms with E-state index in [-0.39, 0.29) is 11.9 Å². The second-order valence-corrected chi connectivity index (χ2v) is 6.66. The van der Waals surface area contributed by atoms with Crippen molar-refractivity contribution in [3.63, 3.8) is 0 Å². The third-order valence-electron chi connectivity index (χ3n) is 4.46. The van der Waals surface area contributed by atoms with Gasteiger partial charge in [0.15, 0.2) is 0 Å². The average Bonchev–Trinajstić information content (AvgIpc) is 2.47. The molecule has 1 aliphatic rings. The Balaban J connectivity index is 2.16. The van der Waals surface area contributed by atoms with Crippen molar-refractivity contribution in [3.05, 3.63) is 34.9 Å². The van der Waals surface area contributed by atoms with Gasteiger partial charge in [-0.3, -0.25) is 4.79 Å². The molecule has 1 aliphatic heterocycles. The largest absolute Gasteiger partial charge is 0.333 e. The molecule has 1 saturated heterocycles. The van der Waals surface area contributed by atoms with Crippen LogP contribution in [0.4, 0.5) is 0 Å². The van der Waals surface area contributed by atoms with Gasteiger partial charge in [0.1, 0.15) is 0 Å². The van der Waals surface area contributed by atoms with Gasteiger partial charge in [-0.1, -0.05) is 50.6 Å². The average molecular weight is 309 g/mol. The Hall–Kier alpha value is -1.06. The van der Waals surface area contributed by atoms with Crippen LogP contribution in [0.15, 0.2) is 24.3 Å². The van der Waals surface area contributed by atoms with Gasteiger partial charge in [0.2, 0.25) is 5.91 Å². The Kier molecular flexibility index (Phi) is 5.65. The third kappa shape index (κ3) is 3.98. The monoisotopic (exact) mass is 308 g/mol. The summed E-state index contributed by atoms with van der Waals surface area (Å²) in [5, 5.41) is 4.11. The van der Waals surface area contributed by atoms with E-state index in [4.69, 9.17) is 11.6 Å². The van der Waals surface area contributed by atoms with E-state index in [2.05, 4.69) is 26.1 Å². The fourth-order valence-electron chi connectivity index (χ4n) is 2.65. The number of hydrogen-bond acceptors (Lipinski definition) is 2. The molecule has 0 saturated carbocycles. The first kappa shape index (κ1) is 16.3. The summed E-state index contributed by atoms with van der Waals surface area (Å²) in [6.45, 7) is 8.85. The molecule has 2 unspecified atom stereocenters. The van der Waals surface area contributed by atoms with Crippen LogP contribution in [0, 0.1) is 11.8 Å². The summed E-state index contributed by atoms with van der Waals surface area (Å²) in [6.07, 6.45) is 0.610. The highest BCUT2D eigenvalue weighted by Gasteiger charge is 2.29. The standard InChI is InChI=1S/C17H25ClN2O/c1-12(2)13(3)10-17(21)20-9-8-19-11-16(20)14-6-4-5-7-15(14)18/h4-7,12-13,16,19H,8-11H2,1-3H3. The van der Waals surface area contributed by atoms with Gasteiger partial charge in [-0.2, -0.15) is 0 Å². The first-order chi connectivity index (χ1) is 10.0. The summed E-state index contributed by atoms with van der Waals surface area (Å²) < 4.78 is 0. The predicted molar refractivity (Wildman–Crippen MR) is 87.4 cm³/mol. The molecule has 4 heteroatoms. The third-order valence-corrected chi connectivity index (χ3v) is 4.81. The quantitative estimate of drug-likeness (QED) is 0.923. The first-order valence-corrected chi connectivity index (χ1v) is 8.13. The zero-order chi connectivity index (χ0) is 15.4. The minimum atomic E-state index is 0.0410. The molecule has 0 aromatic heterocycles. The van der Waals surface area contributed by atoms with Crippen molar-refractivity contribution in [1.82, 2.24) is 10.2 Å². The van der Waals surface area contributed by atoms with E-state index in [1.54, 1.807) is 0 Å². The molecule has 2 atom stereocenters. The molecule has 1 aromatic rings. The van der Waals surface area contributed by atoms with Crippen LogP contribution in [-0.4, -0.2) is 30.4 Å². The van der Waals surface area contributed by atoms with Crippen molar-refractivity contribution >= 4 is 17.5 Å². The molecular weight excluding hydrogens is 284 g/mol. The summed E-state index contributed by atoms with van der Waals surface area (Å²) in [5.41, 5.74) is 1.04. The SMILES string of the molecule is CC(C)C(C)CC(=O)N1CCNCC1c1ccccc1Cl. The highest BCUT2D eigenvalue weighted by atomic mass is 35.5. The van der Waals surface area contributed by atoms with E-state index in [1.165, 1.54) is 0 Å². The molecule has 2 rings (SSSR count). The van der Waals surface area contributed by atoms with Crippen LogP contribution in [0.2, 0.25) is 5.02 Å². The summed E-state index contributed by atoms with van der Waals surface area (Å²) >= 11 is 6.32. The van der Waals surface area contributed by atoms with Crippen LogP contribution >= 0.6 is 11.6 Å². The first-order valence-electron chi connectivity index (χ1n) is 7.75. The molecule has 1 amide bonds. The van der Waals surface area contributed by atoms with Crippen molar-refractivity contribution in [2.24, 2.45) is 11.8 Å². The van der Waals surface area contributed by atoms with E-state index in [1.807, 2.05) is 29.2 Å². The lowest BCUT2D eigenvalue weighted by Crippen LogP contribution is -2.49. The Morgan fingerprint density at radius 3 is 2.76 bits per heavy atom. The van der Waals surface area contributed by atoms with Crippen LogP contribution in [0.25, 0.3) is 0 Å². The molecule has 3 nitrogen and oxygen atoms in total. The summed E-state index contributed by atoms with van der Waals surface area (Å²) in [6, 6.07) is 7.86. The second-order valence-electron chi connectivity index (χ2n) is 6.25. The van der Waals surface area contributed by atoms with E-state index in [0.717, 1.165) is 30.2 Å². The zero-order valence-electron chi connectivity index (χ0n) is 13.1. The molecule has 0 aliphatic carbocycles. The van der Waals surface area contributed by atoms with Gasteiger partial charge in [-0.05, 0) is 23.5 Å². The summed E-state index contributed by atoms with van der Waals surface area (Å²) in [5.74, 6) is 1.16. The van der Waals surface area contributed by atoms with Crippen molar-refractivity contribution < 1.29 is 4.79 Å². The molecule has 0 bridgehead atoms. The number of carbonyl (C=O) groups excluding carboxylic acids is 1. The number of nitrogens with zero attached hydrogens (tertiary/aromatic N) is 1. The number of hydrogen-bond donors (Lipinski definition) is 1. The molecular formula is C17H25ClN2O. The number of nitrogens with one attached hydrogen (secondary N) is 1. The van der Waals surface area contributed by atoms with Gasteiger partial charge in [-0.15, -0.1) is 0 Å². The van der Waals surface area contributed by atoms with E-state index < -0.39 is 0 Å². The molecule has 21 heavy (non-hydrogen) atoms. The number of piperazine rings is 1. The number of halogens is 1. The van der Waals surface area contributed by atoms with Crippen LogP contribution in [-0.2, 0) is 4.79 Å². The normalized spacial score (nSPS) is 20.6. The smallest absolute Gasteiger partial charge is 0.223 e. The number of rotatable bonds is 4. The van der Waals surface area contributed by atoms with Crippen molar-refractivity contribution in [2.75, 3.05) is 19.6 Å². The Morgan fingerprint density at radius 1 is 1.38 bits per heavy atom. The van der Waals surface area contributed by atoms with Gasteiger partial charge < -0.3 is 10.2 Å². The Morgan fingerprint density at radius 2 is 2.10 bits per heavy atom. The molecule has 1 N–H and O–H groups in total. The summed E-state index contributed by atoms with van der Waals surface area (Å²) in [4.78, 5) is 14.7. The van der Waals surface area contributed by atoms with Crippen LogP contribution in [0.3, 0.4) is 0 Å². The maximum atomic E-state index is 12.7. The number of carbonyl (C=O) groups is 1. The highest BCUT2D eigenvalue weighted by Crippen LogP contribution is 2.29. The Labute approximate surface area is 132 Å². The fraction of sp³-hybridized carbons (Fsp3) is 0.588. The van der Waals surface area contributed by atoms with Gasteiger partial charge in [-0.25, -0.2) is 0 Å². The molecule has 1 fully saturated rings. The predicted octanol–water partition coefficient (Wildman–Crippen LogP) is 3.50. The molecule has 0 radical (unpaired) electrons. The zero-order valence-corrected chi connectivity index (χ0v) is 13.9. The van der Waals surface area contributed by atoms with Crippen molar-refractivity contribution in [2.45, 2.75) is 33.2 Å². The maximum Gasteiger partial charge on any atom is 0.223 e. The summed E-state index contributed by atoms with van der Waals surface area (Å²) in [7, 11) is 0.